The van der Waals surface area contributed by atoms with Crippen molar-refractivity contribution >= 4 is 20.8 Å². The van der Waals surface area contributed by atoms with Crippen LogP contribution < -0.4 is 0 Å². The van der Waals surface area contributed by atoms with Gasteiger partial charge in [-0.15, -0.1) is 0 Å². The van der Waals surface area contributed by atoms with Gasteiger partial charge in [0, 0.05) is 18.4 Å². The zero-order valence-corrected chi connectivity index (χ0v) is 19.1. The molecule has 0 amide bonds. The first kappa shape index (κ1) is 24.6. The first-order chi connectivity index (χ1) is 13.5. The molecule has 4 nitrogen and oxygen atoms in total. The summed E-state index contributed by atoms with van der Waals surface area (Å²) < 4.78 is 10.8. The van der Waals surface area contributed by atoms with Gasteiger partial charge in [0.05, 0.1) is 13.2 Å². The normalized spacial score (nSPS) is 16.1. The second-order valence-corrected chi connectivity index (χ2v) is 9.54. The molecule has 0 N–H and O–H groups in total. The van der Waals surface area contributed by atoms with Gasteiger partial charge in [0.2, 0.25) is 9.04 Å². The molecule has 0 aromatic heterocycles. The molecule has 1 radical (unpaired) electrons. The van der Waals surface area contributed by atoms with Crippen LogP contribution in [0.1, 0.15) is 71.1 Å². The third-order valence-corrected chi connectivity index (χ3v) is 5.58. The second kappa shape index (κ2) is 14.5. The predicted molar refractivity (Wildman–Crippen MR) is 117 cm³/mol. The molecule has 0 unspecified atom stereocenters. The predicted octanol–water partition coefficient (Wildman–Crippen LogP) is 5.71. The molecule has 0 saturated heterocycles. The maximum Gasteiger partial charge on any atom is 0.305 e. The summed E-state index contributed by atoms with van der Waals surface area (Å²) in [6.45, 7) is 6.55. The van der Waals surface area contributed by atoms with E-state index in [4.69, 9.17) is 4.43 Å². The minimum Gasteiger partial charge on any atom is -0.469 e. The van der Waals surface area contributed by atoms with Crippen molar-refractivity contribution in [2.45, 2.75) is 90.3 Å². The van der Waals surface area contributed by atoms with E-state index in [-0.39, 0.29) is 17.9 Å². The molecule has 1 rings (SSSR count). The number of methoxy groups -OCH3 is 1. The largest absolute Gasteiger partial charge is 0.469 e. The van der Waals surface area contributed by atoms with Gasteiger partial charge in [-0.2, -0.15) is 0 Å². The first-order valence-electron chi connectivity index (χ1n) is 10.6. The Kier molecular flexibility index (Phi) is 12.7. The zero-order chi connectivity index (χ0) is 20.8. The van der Waals surface area contributed by atoms with Gasteiger partial charge >= 0.3 is 5.97 Å². The van der Waals surface area contributed by atoms with Gasteiger partial charge in [0.1, 0.15) is 0 Å². The molecule has 0 bridgehead atoms. The van der Waals surface area contributed by atoms with Crippen LogP contribution in [0.25, 0.3) is 0 Å². The van der Waals surface area contributed by atoms with Crippen molar-refractivity contribution in [3.8, 4) is 0 Å². The number of Topliss-reactive ketones (excluding diaryl/α,β-unsaturated/α-hetero) is 1. The summed E-state index contributed by atoms with van der Waals surface area (Å²) >= 11 is 0. The molecule has 0 spiro atoms. The van der Waals surface area contributed by atoms with E-state index in [1.807, 2.05) is 0 Å². The highest BCUT2D eigenvalue weighted by atomic mass is 28.3. The lowest BCUT2D eigenvalue weighted by atomic mass is 10.0. The van der Waals surface area contributed by atoms with Gasteiger partial charge in [0.25, 0.3) is 0 Å². The van der Waals surface area contributed by atoms with E-state index in [2.05, 4.69) is 49.1 Å². The molecule has 0 aliphatic heterocycles. The SMILES string of the molecule is CCCCC[C@@H](/C=C/C1=C(C/C=C\CCCC(=O)OC)C(=O)CC1)O[Si](C)C. The number of rotatable bonds is 14. The van der Waals surface area contributed by atoms with Gasteiger partial charge in [-0.05, 0) is 50.8 Å². The monoisotopic (exact) mass is 405 g/mol. The summed E-state index contributed by atoms with van der Waals surface area (Å²) in [6, 6.07) is 0. The lowest BCUT2D eigenvalue weighted by Crippen LogP contribution is -2.18. The van der Waals surface area contributed by atoms with Gasteiger partial charge in [-0.25, -0.2) is 0 Å². The number of unbranched alkanes of at least 4 members (excludes halogenated alkanes) is 3. The second-order valence-electron chi connectivity index (χ2n) is 7.49. The smallest absolute Gasteiger partial charge is 0.305 e. The average Bonchev–Trinajstić information content (AvgIpc) is 3.01. The Morgan fingerprint density at radius 1 is 1.18 bits per heavy atom. The van der Waals surface area contributed by atoms with Crippen molar-refractivity contribution in [3.63, 3.8) is 0 Å². The maximum absolute atomic E-state index is 12.3. The fraction of sp³-hybridized carbons (Fsp3) is 0.652. The van der Waals surface area contributed by atoms with Crippen LogP contribution in [0.2, 0.25) is 13.1 Å². The van der Waals surface area contributed by atoms with Gasteiger partial charge in [-0.3, -0.25) is 9.59 Å². The number of hydrogen-bond donors (Lipinski definition) is 0. The standard InChI is InChI=1S/C23H37O4Si/c1-5-6-9-12-20(27-28(3)4)17-15-19-16-18-22(24)21(19)13-10-7-8-11-14-23(25)26-2/h7,10,15,17,20H,5-6,8-9,11-14,16,18H2,1-4H3/b10-7-,17-15+/t20-/m0/s1. The fourth-order valence-electron chi connectivity index (χ4n) is 3.26. The van der Waals surface area contributed by atoms with Crippen molar-refractivity contribution in [1.82, 2.24) is 0 Å². The minimum atomic E-state index is -0.748. The first-order valence-corrected chi connectivity index (χ1v) is 13.0. The Morgan fingerprint density at radius 2 is 1.96 bits per heavy atom. The Hall–Kier alpha value is -1.46. The summed E-state index contributed by atoms with van der Waals surface area (Å²) in [5.41, 5.74) is 2.10. The summed E-state index contributed by atoms with van der Waals surface area (Å²) in [5, 5.41) is 0. The topological polar surface area (TPSA) is 52.6 Å². The van der Waals surface area contributed by atoms with Crippen LogP contribution in [0.4, 0.5) is 0 Å². The molecule has 1 aliphatic rings. The van der Waals surface area contributed by atoms with Gasteiger partial charge in [-0.1, -0.05) is 50.5 Å². The molecule has 0 fully saturated rings. The number of esters is 1. The Balaban J connectivity index is 2.62. The maximum atomic E-state index is 12.3. The number of hydrogen-bond acceptors (Lipinski definition) is 4. The van der Waals surface area contributed by atoms with Crippen molar-refractivity contribution in [2.75, 3.05) is 7.11 Å². The number of ether oxygens (including phenoxy) is 1. The van der Waals surface area contributed by atoms with Crippen LogP contribution in [0.15, 0.2) is 35.5 Å². The molecule has 1 atom stereocenters. The molecule has 1 aliphatic carbocycles. The molecule has 5 heteroatoms. The third kappa shape index (κ3) is 10.2. The fourth-order valence-corrected chi connectivity index (χ4v) is 4.06. The summed E-state index contributed by atoms with van der Waals surface area (Å²) in [5.74, 6) is 0.0897. The lowest BCUT2D eigenvalue weighted by molar-refractivity contribution is -0.140. The van der Waals surface area contributed by atoms with Crippen LogP contribution in [0.5, 0.6) is 0 Å². The van der Waals surface area contributed by atoms with Crippen LogP contribution in [-0.4, -0.2) is 34.0 Å². The van der Waals surface area contributed by atoms with Crippen molar-refractivity contribution in [2.24, 2.45) is 0 Å². The molecule has 0 heterocycles. The lowest BCUT2D eigenvalue weighted by Gasteiger charge is -2.16. The molecular weight excluding hydrogens is 368 g/mol. The summed E-state index contributed by atoms with van der Waals surface area (Å²) in [6.07, 6.45) is 17.4. The summed E-state index contributed by atoms with van der Waals surface area (Å²) in [4.78, 5) is 23.4. The highest BCUT2D eigenvalue weighted by Gasteiger charge is 2.20. The Bertz CT molecular complexity index is 575. The third-order valence-electron chi connectivity index (χ3n) is 4.80. The molecule has 28 heavy (non-hydrogen) atoms. The average molecular weight is 406 g/mol. The Labute approximate surface area is 172 Å². The number of ketones is 1. The summed E-state index contributed by atoms with van der Waals surface area (Å²) in [7, 11) is 0.663. The van der Waals surface area contributed by atoms with E-state index < -0.39 is 9.04 Å². The van der Waals surface area contributed by atoms with Gasteiger partial charge in [0.15, 0.2) is 5.78 Å². The number of carbonyl (C=O) groups is 2. The van der Waals surface area contributed by atoms with E-state index >= 15 is 0 Å². The van der Waals surface area contributed by atoms with Crippen LogP contribution in [-0.2, 0) is 18.8 Å². The van der Waals surface area contributed by atoms with E-state index in [1.54, 1.807) is 0 Å². The molecular formula is C23H37O4Si. The highest BCUT2D eigenvalue weighted by Crippen LogP contribution is 2.27. The van der Waals surface area contributed by atoms with Crippen molar-refractivity contribution in [3.05, 3.63) is 35.5 Å². The van der Waals surface area contributed by atoms with Crippen molar-refractivity contribution < 1.29 is 18.8 Å². The molecule has 0 aromatic rings. The van der Waals surface area contributed by atoms with Crippen LogP contribution >= 0.6 is 0 Å². The van der Waals surface area contributed by atoms with Gasteiger partial charge < -0.3 is 9.16 Å². The van der Waals surface area contributed by atoms with Crippen molar-refractivity contribution in [1.29, 1.82) is 0 Å². The number of allylic oxidation sites excluding steroid dienone is 5. The molecule has 0 saturated carbocycles. The van der Waals surface area contributed by atoms with E-state index in [0.717, 1.165) is 36.8 Å². The molecule has 157 valence electrons. The highest BCUT2D eigenvalue weighted by molar-refractivity contribution is 6.48. The number of carbonyl (C=O) groups excluding carboxylic acids is 2. The van der Waals surface area contributed by atoms with Crippen LogP contribution in [0.3, 0.4) is 0 Å². The zero-order valence-electron chi connectivity index (χ0n) is 18.1. The van der Waals surface area contributed by atoms with E-state index in [1.165, 1.54) is 26.4 Å². The van der Waals surface area contributed by atoms with Crippen LogP contribution in [0, 0.1) is 0 Å². The quantitative estimate of drug-likeness (QED) is 0.161. The van der Waals surface area contributed by atoms with E-state index in [9.17, 15) is 9.59 Å². The van der Waals surface area contributed by atoms with E-state index in [0.29, 0.717) is 19.3 Å². The molecule has 0 aromatic carbocycles. The minimum absolute atomic E-state index is 0.161. The Morgan fingerprint density at radius 3 is 2.64 bits per heavy atom.